The summed E-state index contributed by atoms with van der Waals surface area (Å²) in [6, 6.07) is 19.3. The summed E-state index contributed by atoms with van der Waals surface area (Å²) in [5.74, 6) is 2.57. The Balaban J connectivity index is 1.49. The van der Waals surface area contributed by atoms with Gasteiger partial charge in [-0.25, -0.2) is 13.4 Å². The third kappa shape index (κ3) is 4.02. The maximum atomic E-state index is 13.3. The monoisotopic (exact) mass is 497 g/mol. The Kier molecular flexibility index (Phi) is 5.97. The van der Waals surface area contributed by atoms with Crippen LogP contribution in [0, 0.1) is 0 Å². The Morgan fingerprint density at radius 1 is 1.03 bits per heavy atom. The van der Waals surface area contributed by atoms with E-state index in [1.165, 1.54) is 0 Å². The molecule has 2 aliphatic rings. The molecular weight excluding hydrogens is 474 g/mol. The van der Waals surface area contributed by atoms with E-state index >= 15 is 0 Å². The zero-order chi connectivity index (χ0) is 23.9. The maximum Gasteiger partial charge on any atom is 0.243 e. The van der Waals surface area contributed by atoms with Gasteiger partial charge in [-0.3, -0.25) is 0 Å². The highest BCUT2D eigenvalue weighted by Gasteiger charge is 2.36. The van der Waals surface area contributed by atoms with Crippen LogP contribution in [0.25, 0.3) is 0 Å². The first-order chi connectivity index (χ1) is 16.4. The highest BCUT2D eigenvalue weighted by Crippen LogP contribution is 2.43. The van der Waals surface area contributed by atoms with E-state index in [2.05, 4.69) is 4.90 Å². The summed E-state index contributed by atoms with van der Waals surface area (Å²) in [6.07, 6.45) is 0. The number of methoxy groups -OCH3 is 1. The minimum Gasteiger partial charge on any atom is -0.493 e. The van der Waals surface area contributed by atoms with Gasteiger partial charge in [0.1, 0.15) is 11.5 Å². The lowest BCUT2D eigenvalue weighted by Crippen LogP contribution is -2.55. The lowest BCUT2D eigenvalue weighted by molar-refractivity contribution is 0.205. The molecule has 176 valence electrons. The lowest BCUT2D eigenvalue weighted by atomic mass is 10.1. The number of fused-ring (bicyclic) bond motifs is 2. The number of para-hydroxylation sites is 3. The first-order valence-corrected chi connectivity index (χ1v) is 12.8. The van der Waals surface area contributed by atoms with Crippen molar-refractivity contribution in [1.29, 1.82) is 0 Å². The summed E-state index contributed by atoms with van der Waals surface area (Å²) in [6.45, 7) is 3.19. The van der Waals surface area contributed by atoms with Gasteiger partial charge in [0.15, 0.2) is 17.2 Å². The number of ether oxygens (including phenoxy) is 2. The third-order valence-electron chi connectivity index (χ3n) is 6.03. The number of hydrogen-bond donors (Lipinski definition) is 0. The van der Waals surface area contributed by atoms with E-state index in [0.717, 1.165) is 11.4 Å². The van der Waals surface area contributed by atoms with E-state index in [0.29, 0.717) is 47.6 Å². The van der Waals surface area contributed by atoms with Gasteiger partial charge in [0.2, 0.25) is 10.0 Å². The van der Waals surface area contributed by atoms with E-state index < -0.39 is 10.0 Å². The minimum absolute atomic E-state index is 0.237. The fourth-order valence-corrected chi connectivity index (χ4v) is 6.09. The van der Waals surface area contributed by atoms with E-state index in [9.17, 15) is 8.42 Å². The Bertz CT molecular complexity index is 1360. The molecule has 0 saturated carbocycles. The summed E-state index contributed by atoms with van der Waals surface area (Å²) in [7, 11) is -2.04. The molecule has 7 nitrogen and oxygen atoms in total. The molecule has 0 bridgehead atoms. The number of rotatable bonds is 3. The number of hydrogen-bond acceptors (Lipinski definition) is 6. The highest BCUT2D eigenvalue weighted by atomic mass is 35.5. The minimum atomic E-state index is -3.65. The molecule has 1 saturated heterocycles. The van der Waals surface area contributed by atoms with Gasteiger partial charge in [-0.2, -0.15) is 4.31 Å². The quantitative estimate of drug-likeness (QED) is 0.513. The number of aliphatic imine (C=N–C) groups is 1. The van der Waals surface area contributed by atoms with Gasteiger partial charge >= 0.3 is 0 Å². The largest absolute Gasteiger partial charge is 0.493 e. The third-order valence-corrected chi connectivity index (χ3v) is 8.31. The van der Waals surface area contributed by atoms with Crippen molar-refractivity contribution in [1.82, 2.24) is 9.21 Å². The standard InChI is InChI=1S/C25H24ClN3O4S/c1-17-16-28(14-15-29(17)34(30,31)19-12-10-18(26)11-13-19)25-20-6-5-9-23(32-2)24(20)33-22-8-4-3-7-21(22)27-25/h3-13,17H,14-16H2,1-2H3/t17-/m0/s1. The number of amidine groups is 1. The zero-order valence-electron chi connectivity index (χ0n) is 18.8. The van der Waals surface area contributed by atoms with E-state index in [-0.39, 0.29) is 10.9 Å². The number of benzene rings is 3. The van der Waals surface area contributed by atoms with Crippen molar-refractivity contribution in [2.75, 3.05) is 26.7 Å². The molecule has 0 N–H and O–H groups in total. The molecule has 2 aliphatic heterocycles. The van der Waals surface area contributed by atoms with Crippen LogP contribution in [0.2, 0.25) is 5.02 Å². The van der Waals surface area contributed by atoms with Crippen LogP contribution in [0.1, 0.15) is 12.5 Å². The van der Waals surface area contributed by atoms with E-state index in [1.807, 2.05) is 49.4 Å². The molecule has 3 aromatic rings. The fraction of sp³-hybridized carbons (Fsp3) is 0.240. The molecule has 9 heteroatoms. The van der Waals surface area contributed by atoms with Crippen LogP contribution < -0.4 is 9.47 Å². The average Bonchev–Trinajstić information content (AvgIpc) is 3.01. The number of halogens is 1. The maximum absolute atomic E-state index is 13.3. The molecule has 2 heterocycles. The first kappa shape index (κ1) is 22.7. The zero-order valence-corrected chi connectivity index (χ0v) is 20.4. The van der Waals surface area contributed by atoms with Crippen LogP contribution in [0.4, 0.5) is 5.69 Å². The number of nitrogens with zero attached hydrogens (tertiary/aromatic N) is 3. The molecule has 0 unspecified atom stereocenters. The van der Waals surface area contributed by atoms with Crippen molar-refractivity contribution in [2.24, 2.45) is 4.99 Å². The Hall–Kier alpha value is -3.07. The van der Waals surface area contributed by atoms with Crippen molar-refractivity contribution >= 4 is 33.1 Å². The predicted molar refractivity (Wildman–Crippen MR) is 132 cm³/mol. The van der Waals surface area contributed by atoms with Crippen molar-refractivity contribution in [3.05, 3.63) is 77.3 Å². The second kappa shape index (κ2) is 8.94. The van der Waals surface area contributed by atoms with Gasteiger partial charge in [-0.05, 0) is 55.5 Å². The lowest BCUT2D eigenvalue weighted by Gasteiger charge is -2.40. The van der Waals surface area contributed by atoms with Gasteiger partial charge in [-0.15, -0.1) is 0 Å². The summed E-state index contributed by atoms with van der Waals surface area (Å²) < 4.78 is 39.9. The van der Waals surface area contributed by atoms with Crippen molar-refractivity contribution in [2.45, 2.75) is 17.9 Å². The highest BCUT2D eigenvalue weighted by molar-refractivity contribution is 7.89. The van der Waals surface area contributed by atoms with Gasteiger partial charge < -0.3 is 14.4 Å². The summed E-state index contributed by atoms with van der Waals surface area (Å²) >= 11 is 5.95. The van der Waals surface area contributed by atoms with Gasteiger partial charge in [0.25, 0.3) is 0 Å². The Labute approximate surface area is 204 Å². The molecule has 34 heavy (non-hydrogen) atoms. The van der Waals surface area contributed by atoms with Gasteiger partial charge in [0, 0.05) is 30.7 Å². The van der Waals surface area contributed by atoms with Crippen molar-refractivity contribution in [3.8, 4) is 17.2 Å². The molecule has 0 aromatic heterocycles. The van der Waals surface area contributed by atoms with Crippen LogP contribution in [0.15, 0.2) is 76.6 Å². The van der Waals surface area contributed by atoms with Crippen molar-refractivity contribution in [3.63, 3.8) is 0 Å². The molecule has 0 aliphatic carbocycles. The Morgan fingerprint density at radius 3 is 2.53 bits per heavy atom. The second-order valence-corrected chi connectivity index (χ2v) is 10.5. The molecule has 0 amide bonds. The molecule has 0 spiro atoms. The smallest absolute Gasteiger partial charge is 0.243 e. The predicted octanol–water partition coefficient (Wildman–Crippen LogP) is 4.93. The van der Waals surface area contributed by atoms with Crippen molar-refractivity contribution < 1.29 is 17.9 Å². The molecular formula is C25H24ClN3O4S. The molecule has 1 fully saturated rings. The number of sulfonamides is 1. The summed E-state index contributed by atoms with van der Waals surface area (Å²) in [5.41, 5.74) is 1.51. The first-order valence-electron chi connectivity index (χ1n) is 10.9. The normalized spacial score (nSPS) is 18.3. The topological polar surface area (TPSA) is 71.4 Å². The molecule has 5 rings (SSSR count). The van der Waals surface area contributed by atoms with Crippen LogP contribution in [0.3, 0.4) is 0 Å². The summed E-state index contributed by atoms with van der Waals surface area (Å²) in [5, 5.41) is 0.500. The second-order valence-electron chi connectivity index (χ2n) is 8.21. The van der Waals surface area contributed by atoms with Crippen LogP contribution >= 0.6 is 11.6 Å². The SMILES string of the molecule is COc1cccc2c1Oc1ccccc1N=C2N1CCN(S(=O)(=O)c2ccc(Cl)cc2)[C@@H](C)C1. The van der Waals surface area contributed by atoms with Gasteiger partial charge in [-0.1, -0.05) is 29.8 Å². The average molecular weight is 498 g/mol. The van der Waals surface area contributed by atoms with E-state index in [4.69, 9.17) is 26.1 Å². The fourth-order valence-electron chi connectivity index (χ4n) is 4.35. The van der Waals surface area contributed by atoms with Crippen LogP contribution in [0.5, 0.6) is 17.2 Å². The number of piperazine rings is 1. The Morgan fingerprint density at radius 2 is 1.79 bits per heavy atom. The molecule has 1 atom stereocenters. The van der Waals surface area contributed by atoms with Gasteiger partial charge in [0.05, 0.1) is 17.6 Å². The van der Waals surface area contributed by atoms with E-state index in [1.54, 1.807) is 35.7 Å². The molecule has 3 aromatic carbocycles. The van der Waals surface area contributed by atoms with Crippen LogP contribution in [-0.4, -0.2) is 56.2 Å². The summed E-state index contributed by atoms with van der Waals surface area (Å²) in [4.78, 5) is 7.30. The van der Waals surface area contributed by atoms with Crippen LogP contribution in [-0.2, 0) is 10.0 Å². The molecule has 0 radical (unpaired) electrons.